The Bertz CT molecular complexity index is 493. The summed E-state index contributed by atoms with van der Waals surface area (Å²) >= 11 is 6.49. The molecule has 2 bridgehead atoms. The molecule has 3 heterocycles. The smallest absolute Gasteiger partial charge is 0.147 e. The van der Waals surface area contributed by atoms with Gasteiger partial charge in [-0.25, -0.2) is 4.98 Å². The summed E-state index contributed by atoms with van der Waals surface area (Å²) in [5.41, 5.74) is 1.15. The first-order chi connectivity index (χ1) is 10.2. The summed E-state index contributed by atoms with van der Waals surface area (Å²) in [6, 6.07) is 3.45. The third-order valence-corrected chi connectivity index (χ3v) is 5.18. The Morgan fingerprint density at radius 2 is 2.14 bits per heavy atom. The Labute approximate surface area is 132 Å². The quantitative estimate of drug-likeness (QED) is 0.926. The van der Waals surface area contributed by atoms with E-state index >= 15 is 0 Å². The van der Waals surface area contributed by atoms with E-state index in [0.717, 1.165) is 48.6 Å². The first-order valence-electron chi connectivity index (χ1n) is 8.01. The Kier molecular flexibility index (Phi) is 4.67. The zero-order chi connectivity index (χ0) is 14.8. The van der Waals surface area contributed by atoms with Crippen LogP contribution >= 0.6 is 11.6 Å². The van der Waals surface area contributed by atoms with Crippen LogP contribution in [0.5, 0.6) is 0 Å². The van der Waals surface area contributed by atoms with Crippen molar-refractivity contribution in [1.29, 1.82) is 0 Å². The third kappa shape index (κ3) is 3.17. The zero-order valence-electron chi connectivity index (χ0n) is 13.0. The standard InChI is InChI=1S/C16H25ClN4/c1-3-18-9-12-8-15(17)16(19-10-12)21-7-6-13-4-5-14(11-21)20(13)2/h8,10,13-14,18H,3-7,9,11H2,1-2H3. The average molecular weight is 309 g/mol. The third-order valence-electron chi connectivity index (χ3n) is 4.91. The summed E-state index contributed by atoms with van der Waals surface area (Å²) < 4.78 is 0. The maximum atomic E-state index is 6.49. The number of hydrogen-bond donors (Lipinski definition) is 1. The molecule has 0 radical (unpaired) electrons. The lowest BCUT2D eigenvalue weighted by Crippen LogP contribution is -2.37. The van der Waals surface area contributed by atoms with Crippen molar-refractivity contribution >= 4 is 17.4 Å². The van der Waals surface area contributed by atoms with E-state index in [0.29, 0.717) is 6.04 Å². The summed E-state index contributed by atoms with van der Waals surface area (Å²) in [5.74, 6) is 0.956. The van der Waals surface area contributed by atoms with Gasteiger partial charge in [-0.2, -0.15) is 0 Å². The Morgan fingerprint density at radius 1 is 1.33 bits per heavy atom. The van der Waals surface area contributed by atoms with Crippen LogP contribution in [0.2, 0.25) is 5.02 Å². The summed E-state index contributed by atoms with van der Waals surface area (Å²) in [6.07, 6.45) is 5.81. The molecule has 2 unspecified atom stereocenters. The minimum Gasteiger partial charge on any atom is -0.354 e. The normalized spacial score (nSPS) is 26.1. The van der Waals surface area contributed by atoms with Gasteiger partial charge in [-0.3, -0.25) is 4.90 Å². The number of rotatable bonds is 4. The molecule has 2 aliphatic rings. The highest BCUT2D eigenvalue weighted by Crippen LogP contribution is 2.32. The first-order valence-corrected chi connectivity index (χ1v) is 8.39. The molecule has 3 rings (SSSR count). The van der Waals surface area contributed by atoms with Crippen molar-refractivity contribution < 1.29 is 0 Å². The Balaban J connectivity index is 1.74. The predicted molar refractivity (Wildman–Crippen MR) is 88.0 cm³/mol. The highest BCUT2D eigenvalue weighted by Gasteiger charge is 2.35. The van der Waals surface area contributed by atoms with Crippen molar-refractivity contribution in [3.8, 4) is 0 Å². The number of nitrogens with one attached hydrogen (secondary N) is 1. The molecular formula is C16H25ClN4. The summed E-state index contributed by atoms with van der Waals surface area (Å²) in [4.78, 5) is 9.56. The van der Waals surface area contributed by atoms with E-state index in [1.807, 2.05) is 6.20 Å². The van der Waals surface area contributed by atoms with Gasteiger partial charge >= 0.3 is 0 Å². The molecule has 5 heteroatoms. The predicted octanol–water partition coefficient (Wildman–Crippen LogP) is 2.52. The molecule has 2 saturated heterocycles. The Morgan fingerprint density at radius 3 is 2.90 bits per heavy atom. The number of pyridine rings is 1. The average Bonchev–Trinajstić information content (AvgIpc) is 2.71. The van der Waals surface area contributed by atoms with Crippen molar-refractivity contribution in [2.45, 2.75) is 44.8 Å². The van der Waals surface area contributed by atoms with E-state index in [4.69, 9.17) is 11.6 Å². The molecule has 2 fully saturated rings. The van der Waals surface area contributed by atoms with Crippen LogP contribution in [0, 0.1) is 0 Å². The maximum absolute atomic E-state index is 6.49. The molecule has 0 amide bonds. The molecule has 21 heavy (non-hydrogen) atoms. The first kappa shape index (κ1) is 15.1. The van der Waals surface area contributed by atoms with Crippen LogP contribution in [-0.4, -0.2) is 48.6 Å². The molecule has 0 saturated carbocycles. The number of aromatic nitrogens is 1. The lowest BCUT2D eigenvalue weighted by molar-refractivity contribution is 0.254. The van der Waals surface area contributed by atoms with Gasteiger partial charge in [-0.05, 0) is 44.5 Å². The van der Waals surface area contributed by atoms with Crippen molar-refractivity contribution in [3.05, 3.63) is 22.8 Å². The lowest BCUT2D eigenvalue weighted by Gasteiger charge is -2.27. The summed E-state index contributed by atoms with van der Waals surface area (Å²) in [6.45, 7) is 6.00. The van der Waals surface area contributed by atoms with Crippen molar-refractivity contribution in [3.63, 3.8) is 0 Å². The molecule has 2 atom stereocenters. The summed E-state index contributed by atoms with van der Waals surface area (Å²) in [5, 5.41) is 4.09. The topological polar surface area (TPSA) is 31.4 Å². The molecule has 2 aliphatic heterocycles. The fourth-order valence-electron chi connectivity index (χ4n) is 3.57. The largest absolute Gasteiger partial charge is 0.354 e. The minimum atomic E-state index is 0.650. The second-order valence-corrected chi connectivity index (χ2v) is 6.62. The van der Waals surface area contributed by atoms with E-state index in [-0.39, 0.29) is 0 Å². The lowest BCUT2D eigenvalue weighted by atomic mass is 10.1. The molecule has 1 aromatic rings. The van der Waals surface area contributed by atoms with E-state index in [1.54, 1.807) is 0 Å². The van der Waals surface area contributed by atoms with Gasteiger partial charge in [0.2, 0.25) is 0 Å². The van der Waals surface area contributed by atoms with Crippen LogP contribution < -0.4 is 10.2 Å². The van der Waals surface area contributed by atoms with Gasteiger partial charge in [0.15, 0.2) is 0 Å². The van der Waals surface area contributed by atoms with E-state index in [9.17, 15) is 0 Å². The van der Waals surface area contributed by atoms with Crippen molar-refractivity contribution in [2.24, 2.45) is 0 Å². The number of hydrogen-bond acceptors (Lipinski definition) is 4. The number of likely N-dealkylation sites (N-methyl/N-ethyl adjacent to an activating group) is 1. The molecule has 4 nitrogen and oxygen atoms in total. The summed E-state index contributed by atoms with van der Waals surface area (Å²) in [7, 11) is 2.26. The fourth-order valence-corrected chi connectivity index (χ4v) is 3.88. The van der Waals surface area contributed by atoms with Gasteiger partial charge in [0.1, 0.15) is 5.82 Å². The van der Waals surface area contributed by atoms with Crippen LogP contribution in [0.25, 0.3) is 0 Å². The van der Waals surface area contributed by atoms with Crippen LogP contribution in [0.4, 0.5) is 5.82 Å². The maximum Gasteiger partial charge on any atom is 0.147 e. The molecular weight excluding hydrogens is 284 g/mol. The monoisotopic (exact) mass is 308 g/mol. The molecule has 0 spiro atoms. The number of nitrogens with zero attached hydrogens (tertiary/aromatic N) is 3. The van der Waals surface area contributed by atoms with E-state index in [2.05, 4.69) is 40.1 Å². The highest BCUT2D eigenvalue weighted by molar-refractivity contribution is 6.33. The molecule has 1 N–H and O–H groups in total. The highest BCUT2D eigenvalue weighted by atomic mass is 35.5. The molecule has 116 valence electrons. The second kappa shape index (κ2) is 6.51. The van der Waals surface area contributed by atoms with E-state index in [1.165, 1.54) is 19.3 Å². The van der Waals surface area contributed by atoms with Gasteiger partial charge in [-0.15, -0.1) is 0 Å². The fraction of sp³-hybridized carbons (Fsp3) is 0.688. The zero-order valence-corrected chi connectivity index (χ0v) is 13.7. The van der Waals surface area contributed by atoms with Crippen LogP contribution in [0.1, 0.15) is 31.7 Å². The second-order valence-electron chi connectivity index (χ2n) is 6.21. The van der Waals surface area contributed by atoms with Gasteiger partial charge in [0, 0.05) is 37.9 Å². The van der Waals surface area contributed by atoms with E-state index < -0.39 is 0 Å². The minimum absolute atomic E-state index is 0.650. The molecule has 0 aliphatic carbocycles. The molecule has 1 aromatic heterocycles. The van der Waals surface area contributed by atoms with Gasteiger partial charge in [0.05, 0.1) is 5.02 Å². The van der Waals surface area contributed by atoms with Crippen LogP contribution in [0.15, 0.2) is 12.3 Å². The van der Waals surface area contributed by atoms with Gasteiger partial charge in [0.25, 0.3) is 0 Å². The SMILES string of the molecule is CCNCc1cnc(N2CCC3CCC(C2)N3C)c(Cl)c1. The Hall–Kier alpha value is -0.840. The van der Waals surface area contributed by atoms with Crippen molar-refractivity contribution in [1.82, 2.24) is 15.2 Å². The van der Waals surface area contributed by atoms with Gasteiger partial charge in [-0.1, -0.05) is 18.5 Å². The number of fused-ring (bicyclic) bond motifs is 2. The number of halogens is 1. The van der Waals surface area contributed by atoms with Crippen LogP contribution in [-0.2, 0) is 6.54 Å². The van der Waals surface area contributed by atoms with Gasteiger partial charge < -0.3 is 10.2 Å². The van der Waals surface area contributed by atoms with Crippen LogP contribution in [0.3, 0.4) is 0 Å². The number of anilines is 1. The van der Waals surface area contributed by atoms with Crippen molar-refractivity contribution in [2.75, 3.05) is 31.6 Å². The molecule has 0 aromatic carbocycles.